The van der Waals surface area contributed by atoms with E-state index in [9.17, 15) is 9.18 Å². The van der Waals surface area contributed by atoms with Crippen molar-refractivity contribution < 1.29 is 9.18 Å². The Morgan fingerprint density at radius 3 is 2.81 bits per heavy atom. The molecular formula is C16H18FN3O. The minimum absolute atomic E-state index is 0.0902. The molecule has 0 unspecified atom stereocenters. The summed E-state index contributed by atoms with van der Waals surface area (Å²) in [5.74, 6) is 0.607. The van der Waals surface area contributed by atoms with Gasteiger partial charge >= 0.3 is 0 Å². The van der Waals surface area contributed by atoms with E-state index in [2.05, 4.69) is 4.98 Å². The summed E-state index contributed by atoms with van der Waals surface area (Å²) in [6.07, 6.45) is 0. The average Bonchev–Trinajstić information content (AvgIpc) is 2.44. The molecule has 1 aliphatic rings. The second-order valence-electron chi connectivity index (χ2n) is 5.69. The maximum atomic E-state index is 13.3. The number of likely N-dealkylation sites (N-methyl/N-ethyl adjacent to an activating group) is 1. The Labute approximate surface area is 123 Å². The molecule has 0 radical (unpaired) electrons. The zero-order valence-electron chi connectivity index (χ0n) is 12.4. The number of aromatic nitrogens is 1. The highest BCUT2D eigenvalue weighted by Crippen LogP contribution is 2.25. The number of fused-ring (bicyclic) bond motifs is 1. The Hall–Kier alpha value is -2.17. The van der Waals surface area contributed by atoms with Crippen LogP contribution in [-0.4, -0.2) is 42.0 Å². The van der Waals surface area contributed by atoms with Crippen molar-refractivity contribution in [3.05, 3.63) is 35.6 Å². The predicted molar refractivity (Wildman–Crippen MR) is 80.9 cm³/mol. The summed E-state index contributed by atoms with van der Waals surface area (Å²) < 4.78 is 13.3. The molecule has 0 aliphatic carbocycles. The monoisotopic (exact) mass is 287 g/mol. The van der Waals surface area contributed by atoms with Gasteiger partial charge in [0.25, 0.3) is 0 Å². The molecule has 1 aromatic carbocycles. The number of anilines is 1. The molecule has 1 saturated heterocycles. The van der Waals surface area contributed by atoms with Gasteiger partial charge in [-0.25, -0.2) is 9.37 Å². The van der Waals surface area contributed by atoms with Crippen LogP contribution in [0.25, 0.3) is 10.9 Å². The number of aryl methyl sites for hydroxylation is 1. The molecule has 0 N–H and O–H groups in total. The van der Waals surface area contributed by atoms with Gasteiger partial charge in [-0.2, -0.15) is 0 Å². The fourth-order valence-electron chi connectivity index (χ4n) is 2.71. The topological polar surface area (TPSA) is 36.4 Å². The van der Waals surface area contributed by atoms with Gasteiger partial charge < -0.3 is 9.80 Å². The fraction of sp³-hybridized carbons (Fsp3) is 0.375. The van der Waals surface area contributed by atoms with Gasteiger partial charge in [-0.3, -0.25) is 4.79 Å². The third-order valence-electron chi connectivity index (χ3n) is 4.15. The molecule has 1 aliphatic heterocycles. The molecule has 0 saturated carbocycles. The summed E-state index contributed by atoms with van der Waals surface area (Å²) in [6, 6.07) is 6.67. The van der Waals surface area contributed by atoms with E-state index in [0.717, 1.165) is 28.8 Å². The van der Waals surface area contributed by atoms with Gasteiger partial charge in [0, 0.05) is 25.0 Å². The van der Waals surface area contributed by atoms with Crippen LogP contribution in [0.3, 0.4) is 0 Å². The van der Waals surface area contributed by atoms with Crippen molar-refractivity contribution in [3.63, 3.8) is 0 Å². The van der Waals surface area contributed by atoms with Crippen LogP contribution < -0.4 is 4.90 Å². The van der Waals surface area contributed by atoms with Crippen molar-refractivity contribution in [2.75, 3.05) is 25.0 Å². The minimum Gasteiger partial charge on any atom is -0.345 e. The number of rotatable bonds is 1. The molecule has 21 heavy (non-hydrogen) atoms. The maximum absolute atomic E-state index is 13.3. The number of piperazine rings is 1. The smallest absolute Gasteiger partial charge is 0.242 e. The molecule has 1 aromatic heterocycles. The lowest BCUT2D eigenvalue weighted by Crippen LogP contribution is -2.53. The Balaban J connectivity index is 2.01. The Morgan fingerprint density at radius 1 is 1.33 bits per heavy atom. The maximum Gasteiger partial charge on any atom is 0.242 e. The number of carbonyl (C=O) groups excluding carboxylic acids is 1. The van der Waals surface area contributed by atoms with Crippen LogP contribution in [0.4, 0.5) is 10.2 Å². The highest BCUT2D eigenvalue weighted by atomic mass is 19.1. The molecule has 1 fully saturated rings. The second-order valence-corrected chi connectivity index (χ2v) is 5.69. The first-order chi connectivity index (χ1) is 9.95. The highest BCUT2D eigenvalue weighted by Gasteiger charge is 2.27. The molecule has 3 rings (SSSR count). The summed E-state index contributed by atoms with van der Waals surface area (Å²) in [5, 5.41) is 0.812. The summed E-state index contributed by atoms with van der Waals surface area (Å²) >= 11 is 0. The van der Waals surface area contributed by atoms with E-state index in [1.165, 1.54) is 12.1 Å². The van der Waals surface area contributed by atoms with Gasteiger partial charge in [-0.15, -0.1) is 0 Å². The van der Waals surface area contributed by atoms with Crippen molar-refractivity contribution in [1.29, 1.82) is 0 Å². The van der Waals surface area contributed by atoms with Crippen LogP contribution >= 0.6 is 0 Å². The highest BCUT2D eigenvalue weighted by molar-refractivity contribution is 5.86. The first kappa shape index (κ1) is 13.8. The second kappa shape index (κ2) is 4.98. The zero-order chi connectivity index (χ0) is 15.1. The van der Waals surface area contributed by atoms with Crippen LogP contribution in [0, 0.1) is 12.7 Å². The van der Waals surface area contributed by atoms with Crippen molar-refractivity contribution >= 4 is 22.6 Å². The minimum atomic E-state index is -0.261. The van der Waals surface area contributed by atoms with Gasteiger partial charge in [-0.1, -0.05) is 0 Å². The lowest BCUT2D eigenvalue weighted by molar-refractivity contribution is -0.131. The number of amides is 1. The molecular weight excluding hydrogens is 269 g/mol. The number of benzene rings is 1. The predicted octanol–water partition coefficient (Wildman–Crippen LogP) is 2.35. The third-order valence-corrected chi connectivity index (χ3v) is 4.15. The average molecular weight is 287 g/mol. The Morgan fingerprint density at radius 2 is 2.10 bits per heavy atom. The van der Waals surface area contributed by atoms with Crippen molar-refractivity contribution in [1.82, 2.24) is 9.88 Å². The van der Waals surface area contributed by atoms with E-state index in [1.54, 1.807) is 11.0 Å². The van der Waals surface area contributed by atoms with Crippen LogP contribution in [0.15, 0.2) is 24.3 Å². The molecule has 2 heterocycles. The summed E-state index contributed by atoms with van der Waals surface area (Å²) in [4.78, 5) is 20.3. The summed E-state index contributed by atoms with van der Waals surface area (Å²) in [5.41, 5.74) is 1.72. The summed E-state index contributed by atoms with van der Waals surface area (Å²) in [7, 11) is 1.83. The molecule has 0 bridgehead atoms. The lowest BCUT2D eigenvalue weighted by Gasteiger charge is -2.38. The Kier molecular flexibility index (Phi) is 3.27. The molecule has 110 valence electrons. The van der Waals surface area contributed by atoms with Gasteiger partial charge in [0.05, 0.1) is 12.1 Å². The SMILES string of the molecule is Cc1cc(N2CC(=O)N(C)[C@@H](C)C2)nc2ccc(F)cc12. The molecule has 2 aromatic rings. The largest absolute Gasteiger partial charge is 0.345 e. The molecule has 1 amide bonds. The Bertz CT molecular complexity index is 716. The van der Waals surface area contributed by atoms with E-state index in [-0.39, 0.29) is 17.8 Å². The van der Waals surface area contributed by atoms with E-state index in [1.807, 2.05) is 31.9 Å². The van der Waals surface area contributed by atoms with Gasteiger partial charge in [0.2, 0.25) is 5.91 Å². The number of carbonyl (C=O) groups is 1. The van der Waals surface area contributed by atoms with Gasteiger partial charge in [0.1, 0.15) is 11.6 Å². The zero-order valence-corrected chi connectivity index (χ0v) is 12.4. The summed E-state index contributed by atoms with van der Waals surface area (Å²) in [6.45, 7) is 5.04. The van der Waals surface area contributed by atoms with E-state index >= 15 is 0 Å². The van der Waals surface area contributed by atoms with E-state index in [0.29, 0.717) is 6.54 Å². The molecule has 4 nitrogen and oxygen atoms in total. The van der Waals surface area contributed by atoms with Crippen LogP contribution in [0.2, 0.25) is 0 Å². The standard InChI is InChI=1S/C16H18FN3O/c1-10-6-15(18-14-5-4-12(17)7-13(10)14)20-8-11(2)19(3)16(21)9-20/h4-7,11H,8-9H2,1-3H3/t11-/m0/s1. The number of hydrogen-bond acceptors (Lipinski definition) is 3. The third kappa shape index (κ3) is 2.44. The first-order valence-corrected chi connectivity index (χ1v) is 7.03. The van der Waals surface area contributed by atoms with Crippen molar-refractivity contribution in [3.8, 4) is 0 Å². The normalized spacial score (nSPS) is 19.4. The number of nitrogens with zero attached hydrogens (tertiary/aromatic N) is 3. The van der Waals surface area contributed by atoms with E-state index in [4.69, 9.17) is 0 Å². The quantitative estimate of drug-likeness (QED) is 0.808. The number of pyridine rings is 1. The molecule has 1 atom stereocenters. The number of hydrogen-bond donors (Lipinski definition) is 0. The van der Waals surface area contributed by atoms with Gasteiger partial charge in [-0.05, 0) is 43.7 Å². The van der Waals surface area contributed by atoms with Crippen LogP contribution in [0.1, 0.15) is 12.5 Å². The van der Waals surface area contributed by atoms with E-state index < -0.39 is 0 Å². The van der Waals surface area contributed by atoms with Crippen molar-refractivity contribution in [2.45, 2.75) is 19.9 Å². The first-order valence-electron chi connectivity index (χ1n) is 7.03. The van der Waals surface area contributed by atoms with Crippen LogP contribution in [0.5, 0.6) is 0 Å². The molecule has 5 heteroatoms. The number of halogens is 1. The van der Waals surface area contributed by atoms with Gasteiger partial charge in [0.15, 0.2) is 0 Å². The fourth-order valence-corrected chi connectivity index (χ4v) is 2.71. The molecule has 0 spiro atoms. The lowest BCUT2D eigenvalue weighted by atomic mass is 10.1. The van der Waals surface area contributed by atoms with Crippen molar-refractivity contribution in [2.24, 2.45) is 0 Å². The van der Waals surface area contributed by atoms with Crippen LogP contribution in [-0.2, 0) is 4.79 Å².